The summed E-state index contributed by atoms with van der Waals surface area (Å²) in [5.41, 5.74) is 2.20. The molecule has 1 aliphatic rings. The first kappa shape index (κ1) is 15.0. The van der Waals surface area contributed by atoms with Gasteiger partial charge in [0.15, 0.2) is 0 Å². The highest BCUT2D eigenvalue weighted by Gasteiger charge is 2.37. The van der Waals surface area contributed by atoms with Crippen molar-refractivity contribution in [2.24, 2.45) is 0 Å². The van der Waals surface area contributed by atoms with Crippen LogP contribution in [0.3, 0.4) is 0 Å². The molecule has 0 saturated carbocycles. The molecular weight excluding hydrogens is 298 g/mol. The van der Waals surface area contributed by atoms with Gasteiger partial charge >= 0.3 is 6.03 Å². The van der Waals surface area contributed by atoms with Gasteiger partial charge in [0.05, 0.1) is 0 Å². The van der Waals surface area contributed by atoms with Crippen LogP contribution in [0.25, 0.3) is 10.9 Å². The number of imide groups is 1. The highest BCUT2D eigenvalue weighted by molar-refractivity contribution is 7.98. The van der Waals surface area contributed by atoms with Gasteiger partial charge in [-0.15, -0.1) is 0 Å². The number of carbonyl (C=O) groups is 2. The van der Waals surface area contributed by atoms with E-state index in [0.717, 1.165) is 22.2 Å². The van der Waals surface area contributed by atoms with Gasteiger partial charge in [-0.25, -0.2) is 4.79 Å². The quantitative estimate of drug-likeness (QED) is 0.804. The van der Waals surface area contributed by atoms with Gasteiger partial charge in [0.2, 0.25) is 0 Å². The first-order chi connectivity index (χ1) is 10.7. The Morgan fingerprint density at radius 2 is 2.09 bits per heavy atom. The molecule has 2 heterocycles. The monoisotopic (exact) mass is 317 g/mol. The number of amides is 3. The predicted molar refractivity (Wildman–Crippen MR) is 89.0 cm³/mol. The average molecular weight is 317 g/mol. The van der Waals surface area contributed by atoms with Crippen LogP contribution < -0.4 is 5.32 Å². The first-order valence-electron chi connectivity index (χ1n) is 7.36. The summed E-state index contributed by atoms with van der Waals surface area (Å²) in [5.74, 6) is 0.770. The Morgan fingerprint density at radius 3 is 2.91 bits per heavy atom. The van der Waals surface area contributed by atoms with E-state index in [4.69, 9.17) is 0 Å². The molecule has 1 atom stereocenters. The number of urea groups is 1. The minimum atomic E-state index is -0.358. The Labute approximate surface area is 133 Å². The zero-order chi connectivity index (χ0) is 15.5. The van der Waals surface area contributed by atoms with Gasteiger partial charge in [-0.2, -0.15) is 11.8 Å². The van der Waals surface area contributed by atoms with Crippen LogP contribution in [0.5, 0.6) is 0 Å². The fraction of sp³-hybridized carbons (Fsp3) is 0.375. The minimum absolute atomic E-state index is 0.0982. The molecule has 1 aliphatic heterocycles. The number of nitrogens with zero attached hydrogens (tertiary/aromatic N) is 1. The Bertz CT molecular complexity index is 698. The van der Waals surface area contributed by atoms with E-state index in [9.17, 15) is 9.59 Å². The lowest BCUT2D eigenvalue weighted by Crippen LogP contribution is -2.33. The number of H-pyrrole nitrogens is 1. The van der Waals surface area contributed by atoms with Crippen LogP contribution in [-0.2, 0) is 11.2 Å². The van der Waals surface area contributed by atoms with Crippen molar-refractivity contribution >= 4 is 34.6 Å². The zero-order valence-electron chi connectivity index (χ0n) is 12.5. The summed E-state index contributed by atoms with van der Waals surface area (Å²) >= 11 is 1.68. The minimum Gasteiger partial charge on any atom is -0.361 e. The highest BCUT2D eigenvalue weighted by Crippen LogP contribution is 2.19. The summed E-state index contributed by atoms with van der Waals surface area (Å²) < 4.78 is 0. The Kier molecular flexibility index (Phi) is 4.38. The summed E-state index contributed by atoms with van der Waals surface area (Å²) in [4.78, 5) is 28.8. The summed E-state index contributed by atoms with van der Waals surface area (Å²) in [6.07, 6.45) is 5.30. The maximum Gasteiger partial charge on any atom is 0.324 e. The van der Waals surface area contributed by atoms with Crippen molar-refractivity contribution in [3.05, 3.63) is 36.0 Å². The lowest BCUT2D eigenvalue weighted by Gasteiger charge is -2.12. The third kappa shape index (κ3) is 2.83. The molecule has 0 bridgehead atoms. The first-order valence-corrected chi connectivity index (χ1v) is 8.76. The molecule has 22 heavy (non-hydrogen) atoms. The second-order valence-electron chi connectivity index (χ2n) is 5.38. The van der Waals surface area contributed by atoms with Crippen LogP contribution in [0, 0.1) is 0 Å². The lowest BCUT2D eigenvalue weighted by atomic mass is 10.1. The summed E-state index contributed by atoms with van der Waals surface area (Å²) in [5, 5.41) is 3.92. The molecule has 6 heteroatoms. The van der Waals surface area contributed by atoms with Gasteiger partial charge in [-0.1, -0.05) is 18.2 Å². The zero-order valence-corrected chi connectivity index (χ0v) is 13.3. The van der Waals surface area contributed by atoms with Gasteiger partial charge in [0.25, 0.3) is 5.91 Å². The largest absolute Gasteiger partial charge is 0.361 e. The van der Waals surface area contributed by atoms with Crippen molar-refractivity contribution in [2.45, 2.75) is 18.9 Å². The molecule has 0 aliphatic carbocycles. The molecule has 0 unspecified atom stereocenters. The van der Waals surface area contributed by atoms with Gasteiger partial charge in [0, 0.05) is 23.6 Å². The molecule has 116 valence electrons. The van der Waals surface area contributed by atoms with E-state index in [0.29, 0.717) is 19.4 Å². The standard InChI is InChI=1S/C16H19N3O2S/c1-22-9-7-14-15(20)19(16(21)18-14)8-6-11-10-17-13-5-3-2-4-12(11)13/h2-5,10,14,17H,6-9H2,1H3,(H,18,21)/t14-/m1/s1. The SMILES string of the molecule is CSCC[C@H]1NC(=O)N(CCc2c[nH]c3ccccc23)C1=O. The van der Waals surface area contributed by atoms with E-state index < -0.39 is 0 Å². The maximum absolute atomic E-state index is 12.3. The van der Waals surface area contributed by atoms with E-state index in [1.54, 1.807) is 11.8 Å². The second-order valence-corrected chi connectivity index (χ2v) is 6.37. The number of carbonyl (C=O) groups excluding carboxylic acids is 2. The molecule has 1 aromatic carbocycles. The average Bonchev–Trinajstić information content (AvgIpc) is 3.05. The van der Waals surface area contributed by atoms with Crippen molar-refractivity contribution in [2.75, 3.05) is 18.6 Å². The third-order valence-electron chi connectivity index (χ3n) is 4.00. The van der Waals surface area contributed by atoms with Crippen LogP contribution in [0.1, 0.15) is 12.0 Å². The van der Waals surface area contributed by atoms with Gasteiger partial charge < -0.3 is 10.3 Å². The normalized spacial score (nSPS) is 18.2. The van der Waals surface area contributed by atoms with Gasteiger partial charge in [-0.05, 0) is 36.5 Å². The summed E-state index contributed by atoms with van der Waals surface area (Å²) in [6.45, 7) is 0.419. The molecule has 0 radical (unpaired) electrons. The van der Waals surface area contributed by atoms with Crippen molar-refractivity contribution in [3.8, 4) is 0 Å². The number of nitrogens with one attached hydrogen (secondary N) is 2. The van der Waals surface area contributed by atoms with Gasteiger partial charge in [-0.3, -0.25) is 9.69 Å². The van der Waals surface area contributed by atoms with E-state index in [2.05, 4.69) is 10.3 Å². The fourth-order valence-electron chi connectivity index (χ4n) is 2.79. The second kappa shape index (κ2) is 6.44. The molecule has 5 nitrogen and oxygen atoms in total. The Balaban J connectivity index is 1.66. The number of thioether (sulfide) groups is 1. The summed E-state index contributed by atoms with van der Waals surface area (Å²) in [6, 6.07) is 7.42. The van der Waals surface area contributed by atoms with Crippen LogP contribution in [0.15, 0.2) is 30.5 Å². The third-order valence-corrected chi connectivity index (χ3v) is 4.64. The van der Waals surface area contributed by atoms with E-state index in [1.165, 1.54) is 4.90 Å². The van der Waals surface area contributed by atoms with E-state index in [1.807, 2.05) is 36.7 Å². The Hall–Kier alpha value is -1.95. The van der Waals surface area contributed by atoms with Crippen LogP contribution >= 0.6 is 11.8 Å². The summed E-state index contributed by atoms with van der Waals surface area (Å²) in [7, 11) is 0. The molecule has 1 aromatic heterocycles. The van der Waals surface area contributed by atoms with Crippen LogP contribution in [0.4, 0.5) is 4.79 Å². The topological polar surface area (TPSA) is 65.2 Å². The van der Waals surface area contributed by atoms with Crippen LogP contribution in [0.2, 0.25) is 0 Å². The van der Waals surface area contributed by atoms with Crippen molar-refractivity contribution in [1.82, 2.24) is 15.2 Å². The van der Waals surface area contributed by atoms with Gasteiger partial charge in [0.1, 0.15) is 6.04 Å². The van der Waals surface area contributed by atoms with Crippen molar-refractivity contribution in [3.63, 3.8) is 0 Å². The number of rotatable bonds is 6. The van der Waals surface area contributed by atoms with Crippen molar-refractivity contribution < 1.29 is 9.59 Å². The number of aromatic nitrogens is 1. The van der Waals surface area contributed by atoms with Crippen LogP contribution in [-0.4, -0.2) is 46.4 Å². The molecule has 0 spiro atoms. The predicted octanol–water partition coefficient (Wildman–Crippen LogP) is 2.38. The Morgan fingerprint density at radius 1 is 1.27 bits per heavy atom. The number of fused-ring (bicyclic) bond motifs is 1. The smallest absolute Gasteiger partial charge is 0.324 e. The molecule has 2 aromatic rings. The molecule has 3 amide bonds. The highest BCUT2D eigenvalue weighted by atomic mass is 32.2. The lowest BCUT2D eigenvalue weighted by molar-refractivity contribution is -0.127. The molecule has 1 fully saturated rings. The number of aromatic amines is 1. The number of hydrogen-bond acceptors (Lipinski definition) is 3. The fourth-order valence-corrected chi connectivity index (χ4v) is 3.26. The van der Waals surface area contributed by atoms with Crippen molar-refractivity contribution in [1.29, 1.82) is 0 Å². The van der Waals surface area contributed by atoms with E-state index in [-0.39, 0.29) is 18.0 Å². The maximum atomic E-state index is 12.3. The molecule has 2 N–H and O–H groups in total. The molecule has 1 saturated heterocycles. The number of hydrogen-bond donors (Lipinski definition) is 2. The van der Waals surface area contributed by atoms with E-state index >= 15 is 0 Å². The molecular formula is C16H19N3O2S. The molecule has 3 rings (SSSR count). The number of benzene rings is 1. The number of para-hydroxylation sites is 1.